The Balaban J connectivity index is 2.17. The SMILES string of the molecule is CCOP(=O)(CC(=O)NN1C(=O)NC(CC)(c2ccccc2)C1=O)OCC. The van der Waals surface area contributed by atoms with Crippen LogP contribution in [0.5, 0.6) is 0 Å². The number of carbonyl (C=O) groups is 3. The number of hydrogen-bond donors (Lipinski definition) is 2. The van der Waals surface area contributed by atoms with Crippen molar-refractivity contribution in [3.8, 4) is 0 Å². The van der Waals surface area contributed by atoms with Gasteiger partial charge in [0.15, 0.2) is 0 Å². The lowest BCUT2D eigenvalue weighted by atomic mass is 9.87. The summed E-state index contributed by atoms with van der Waals surface area (Å²) in [5.74, 6) is -1.43. The molecule has 0 aliphatic carbocycles. The van der Waals surface area contributed by atoms with E-state index in [9.17, 15) is 18.9 Å². The first-order valence-electron chi connectivity index (χ1n) is 8.71. The third-order valence-electron chi connectivity index (χ3n) is 4.11. The first-order valence-corrected chi connectivity index (χ1v) is 10.4. The standard InChI is InChI=1S/C17H24N3O6P/c1-4-17(13-10-8-7-9-11-13)15(22)20(16(23)18-17)19-14(21)12-27(24,25-5-2)26-6-3/h7-11H,4-6,12H2,1-3H3,(H,18,23)(H,19,21). The van der Waals surface area contributed by atoms with Gasteiger partial charge in [0.25, 0.3) is 11.8 Å². The molecule has 1 aromatic carbocycles. The van der Waals surface area contributed by atoms with Crippen molar-refractivity contribution in [2.45, 2.75) is 32.7 Å². The quantitative estimate of drug-likeness (QED) is 0.487. The maximum absolute atomic E-state index is 12.9. The molecule has 0 spiro atoms. The van der Waals surface area contributed by atoms with Crippen LogP contribution in [0.4, 0.5) is 4.79 Å². The van der Waals surface area contributed by atoms with Crippen LogP contribution in [0.3, 0.4) is 0 Å². The minimum Gasteiger partial charge on any atom is -0.318 e. The number of rotatable bonds is 9. The highest BCUT2D eigenvalue weighted by molar-refractivity contribution is 7.54. The zero-order valence-corrected chi connectivity index (χ0v) is 16.5. The van der Waals surface area contributed by atoms with Crippen molar-refractivity contribution in [2.24, 2.45) is 0 Å². The average Bonchev–Trinajstić information content (AvgIpc) is 2.87. The first kappa shape index (κ1) is 21.1. The van der Waals surface area contributed by atoms with E-state index >= 15 is 0 Å². The molecule has 0 saturated carbocycles. The Bertz CT molecular complexity index is 746. The van der Waals surface area contributed by atoms with Crippen molar-refractivity contribution in [3.63, 3.8) is 0 Å². The second-order valence-electron chi connectivity index (χ2n) is 5.84. The van der Waals surface area contributed by atoms with E-state index in [4.69, 9.17) is 9.05 Å². The molecule has 2 N–H and O–H groups in total. The summed E-state index contributed by atoms with van der Waals surface area (Å²) < 4.78 is 22.6. The fourth-order valence-corrected chi connectivity index (χ4v) is 4.36. The van der Waals surface area contributed by atoms with Crippen molar-refractivity contribution in [3.05, 3.63) is 35.9 Å². The molecule has 0 aromatic heterocycles. The van der Waals surface area contributed by atoms with Gasteiger partial charge in [-0.25, -0.2) is 4.79 Å². The Morgan fingerprint density at radius 3 is 2.26 bits per heavy atom. The fraction of sp³-hybridized carbons (Fsp3) is 0.471. The van der Waals surface area contributed by atoms with E-state index in [1.165, 1.54) is 0 Å². The largest absolute Gasteiger partial charge is 0.344 e. The van der Waals surface area contributed by atoms with Gasteiger partial charge in [-0.15, -0.1) is 0 Å². The van der Waals surface area contributed by atoms with E-state index in [0.29, 0.717) is 17.0 Å². The third-order valence-corrected chi connectivity index (χ3v) is 6.09. The maximum Gasteiger partial charge on any atom is 0.344 e. The zero-order valence-electron chi connectivity index (χ0n) is 15.6. The van der Waals surface area contributed by atoms with E-state index in [0.717, 1.165) is 0 Å². The molecule has 4 amide bonds. The van der Waals surface area contributed by atoms with Gasteiger partial charge in [-0.2, -0.15) is 5.01 Å². The molecule has 27 heavy (non-hydrogen) atoms. The van der Waals surface area contributed by atoms with Gasteiger partial charge < -0.3 is 14.4 Å². The highest BCUT2D eigenvalue weighted by Gasteiger charge is 2.52. The molecule has 1 heterocycles. The zero-order chi connectivity index (χ0) is 20.1. The topological polar surface area (TPSA) is 114 Å². The van der Waals surface area contributed by atoms with Gasteiger partial charge in [0.2, 0.25) is 0 Å². The van der Waals surface area contributed by atoms with Crippen LogP contribution >= 0.6 is 7.60 Å². The number of carbonyl (C=O) groups excluding carboxylic acids is 3. The lowest BCUT2D eigenvalue weighted by Gasteiger charge is -2.25. The summed E-state index contributed by atoms with van der Waals surface area (Å²) in [5, 5.41) is 3.26. The summed E-state index contributed by atoms with van der Waals surface area (Å²) in [4.78, 5) is 37.5. The molecule has 0 bridgehead atoms. The van der Waals surface area contributed by atoms with Crippen LogP contribution in [0.1, 0.15) is 32.8 Å². The Labute approximate surface area is 157 Å². The molecule has 1 aliphatic heterocycles. The van der Waals surface area contributed by atoms with Crippen LogP contribution < -0.4 is 10.7 Å². The van der Waals surface area contributed by atoms with Crippen LogP contribution in [0.2, 0.25) is 0 Å². The molecule has 1 atom stereocenters. The predicted octanol–water partition coefficient (Wildman–Crippen LogP) is 2.14. The monoisotopic (exact) mass is 397 g/mol. The summed E-state index contributed by atoms with van der Waals surface area (Å²) >= 11 is 0. The molecule has 1 aromatic rings. The molecule has 1 unspecified atom stereocenters. The fourth-order valence-electron chi connectivity index (χ4n) is 2.90. The van der Waals surface area contributed by atoms with Crippen molar-refractivity contribution < 1.29 is 28.0 Å². The predicted molar refractivity (Wildman–Crippen MR) is 97.7 cm³/mol. The minimum atomic E-state index is -3.65. The molecule has 2 rings (SSSR count). The first-order chi connectivity index (χ1) is 12.8. The smallest absolute Gasteiger partial charge is 0.318 e. The summed E-state index contributed by atoms with van der Waals surface area (Å²) in [6.45, 7) is 5.20. The number of nitrogens with zero attached hydrogens (tertiary/aromatic N) is 1. The van der Waals surface area contributed by atoms with Crippen LogP contribution in [-0.2, 0) is 28.7 Å². The molecule has 148 valence electrons. The molecule has 1 aliphatic rings. The van der Waals surface area contributed by atoms with E-state index in [1.54, 1.807) is 51.1 Å². The van der Waals surface area contributed by atoms with Gasteiger partial charge in [0, 0.05) is 0 Å². The number of hydrazine groups is 1. The number of imide groups is 1. The lowest BCUT2D eigenvalue weighted by molar-refractivity contribution is -0.138. The third kappa shape index (κ3) is 4.37. The highest BCUT2D eigenvalue weighted by Crippen LogP contribution is 2.47. The Hall–Kier alpha value is -2.22. The van der Waals surface area contributed by atoms with Crippen molar-refractivity contribution in [2.75, 3.05) is 19.4 Å². The summed E-state index contributed by atoms with van der Waals surface area (Å²) in [6, 6.07) is 8.01. The van der Waals surface area contributed by atoms with Crippen LogP contribution in [-0.4, -0.2) is 42.2 Å². The van der Waals surface area contributed by atoms with Gasteiger partial charge in [-0.3, -0.25) is 19.6 Å². The van der Waals surface area contributed by atoms with E-state index in [-0.39, 0.29) is 13.2 Å². The molecule has 9 nitrogen and oxygen atoms in total. The van der Waals surface area contributed by atoms with E-state index < -0.39 is 37.1 Å². The van der Waals surface area contributed by atoms with Gasteiger partial charge in [0.1, 0.15) is 11.7 Å². The molecule has 1 saturated heterocycles. The second-order valence-corrected chi connectivity index (χ2v) is 7.89. The summed E-state index contributed by atoms with van der Waals surface area (Å²) in [7, 11) is -3.65. The molecular weight excluding hydrogens is 373 g/mol. The van der Waals surface area contributed by atoms with Gasteiger partial charge in [-0.1, -0.05) is 37.3 Å². The van der Waals surface area contributed by atoms with Crippen LogP contribution in [0.15, 0.2) is 30.3 Å². The molecular formula is C17H24N3O6P. The normalized spacial score (nSPS) is 19.9. The highest BCUT2D eigenvalue weighted by atomic mass is 31.2. The Kier molecular flexibility index (Phi) is 6.75. The van der Waals surface area contributed by atoms with Crippen molar-refractivity contribution in [1.82, 2.24) is 15.8 Å². The lowest BCUT2D eigenvalue weighted by Crippen LogP contribution is -2.49. The van der Waals surface area contributed by atoms with Crippen LogP contribution in [0, 0.1) is 0 Å². The molecule has 1 fully saturated rings. The number of urea groups is 1. The molecule has 0 radical (unpaired) electrons. The Morgan fingerprint density at radius 2 is 1.74 bits per heavy atom. The Morgan fingerprint density at radius 1 is 1.15 bits per heavy atom. The van der Waals surface area contributed by atoms with Gasteiger partial charge in [0.05, 0.1) is 13.2 Å². The van der Waals surface area contributed by atoms with E-state index in [1.807, 2.05) is 0 Å². The van der Waals surface area contributed by atoms with Gasteiger partial charge >= 0.3 is 13.6 Å². The van der Waals surface area contributed by atoms with E-state index in [2.05, 4.69) is 10.7 Å². The van der Waals surface area contributed by atoms with Crippen LogP contribution in [0.25, 0.3) is 0 Å². The van der Waals surface area contributed by atoms with Crippen molar-refractivity contribution >= 4 is 25.4 Å². The summed E-state index contributed by atoms with van der Waals surface area (Å²) in [6.07, 6.45) is -0.305. The minimum absolute atomic E-state index is 0.0979. The number of nitrogens with one attached hydrogen (secondary N) is 2. The van der Waals surface area contributed by atoms with Crippen molar-refractivity contribution in [1.29, 1.82) is 0 Å². The maximum atomic E-state index is 12.9. The number of amides is 4. The average molecular weight is 397 g/mol. The van der Waals surface area contributed by atoms with Gasteiger partial charge in [-0.05, 0) is 25.8 Å². The number of hydrogen-bond acceptors (Lipinski definition) is 6. The number of benzene rings is 1. The molecule has 10 heteroatoms. The summed E-state index contributed by atoms with van der Waals surface area (Å²) in [5.41, 5.74) is 1.55. The second kappa shape index (κ2) is 8.65.